The first-order valence-electron chi connectivity index (χ1n) is 8.61. The standard InChI is InChI=1S/C20H14BrCl2NO6S/c1-29-15-5-11(6-17-19(27)24(8-18(25)26)20(28)31-17)12(21)7-16(15)30-9-10-2-3-13(22)14(23)4-10/h2-7H,8-9H2,1H3,(H,25,26)/b17-6+. The molecule has 1 aliphatic rings. The number of thioether (sulfide) groups is 1. The molecule has 0 atom stereocenters. The molecule has 2 aromatic carbocycles. The van der Waals surface area contributed by atoms with Crippen LogP contribution in [0, 0.1) is 0 Å². The Bertz CT molecular complexity index is 1110. The van der Waals surface area contributed by atoms with Crippen LogP contribution in [-0.4, -0.2) is 40.8 Å². The summed E-state index contributed by atoms with van der Waals surface area (Å²) in [4.78, 5) is 35.9. The first kappa shape index (κ1) is 23.5. The van der Waals surface area contributed by atoms with Crippen molar-refractivity contribution in [2.45, 2.75) is 6.61 Å². The average Bonchev–Trinajstić information content (AvgIpc) is 2.97. The predicted octanol–water partition coefficient (Wildman–Crippen LogP) is 5.46. The normalized spacial score (nSPS) is 15.0. The lowest BCUT2D eigenvalue weighted by atomic mass is 10.1. The summed E-state index contributed by atoms with van der Waals surface area (Å²) in [6.07, 6.45) is 1.49. The van der Waals surface area contributed by atoms with E-state index in [0.29, 0.717) is 48.2 Å². The highest BCUT2D eigenvalue weighted by Crippen LogP contribution is 2.38. The van der Waals surface area contributed by atoms with E-state index >= 15 is 0 Å². The van der Waals surface area contributed by atoms with Crippen LogP contribution in [0.15, 0.2) is 39.7 Å². The van der Waals surface area contributed by atoms with Gasteiger partial charge in [0.2, 0.25) is 0 Å². The van der Waals surface area contributed by atoms with E-state index in [1.54, 1.807) is 30.3 Å². The maximum Gasteiger partial charge on any atom is 0.323 e. The smallest absolute Gasteiger partial charge is 0.323 e. The van der Waals surface area contributed by atoms with Gasteiger partial charge in [-0.15, -0.1) is 0 Å². The highest BCUT2D eigenvalue weighted by Gasteiger charge is 2.36. The van der Waals surface area contributed by atoms with Gasteiger partial charge in [0.05, 0.1) is 22.1 Å². The molecule has 1 aliphatic heterocycles. The molecule has 0 radical (unpaired) electrons. The number of amides is 2. The molecule has 7 nitrogen and oxygen atoms in total. The molecule has 1 fully saturated rings. The number of carboxylic acids is 1. The van der Waals surface area contributed by atoms with Crippen LogP contribution in [0.1, 0.15) is 11.1 Å². The van der Waals surface area contributed by atoms with Crippen LogP contribution in [-0.2, 0) is 16.2 Å². The highest BCUT2D eigenvalue weighted by atomic mass is 79.9. The number of hydrogen-bond donors (Lipinski definition) is 1. The van der Waals surface area contributed by atoms with E-state index in [1.807, 2.05) is 0 Å². The van der Waals surface area contributed by atoms with Gasteiger partial charge < -0.3 is 14.6 Å². The number of imide groups is 1. The van der Waals surface area contributed by atoms with Crippen molar-refractivity contribution in [1.29, 1.82) is 0 Å². The molecule has 0 aromatic heterocycles. The molecule has 0 saturated carbocycles. The largest absolute Gasteiger partial charge is 0.493 e. The van der Waals surface area contributed by atoms with Gasteiger partial charge in [0.15, 0.2) is 11.5 Å². The van der Waals surface area contributed by atoms with Gasteiger partial charge in [0.1, 0.15) is 13.2 Å². The van der Waals surface area contributed by atoms with Gasteiger partial charge in [0, 0.05) is 4.47 Å². The fourth-order valence-corrected chi connectivity index (χ4v) is 4.22. The summed E-state index contributed by atoms with van der Waals surface area (Å²) in [7, 11) is 1.47. The second-order valence-corrected chi connectivity index (χ2v) is 8.89. The Morgan fingerprint density at radius 1 is 1.19 bits per heavy atom. The third-order valence-electron chi connectivity index (χ3n) is 4.11. The van der Waals surface area contributed by atoms with Gasteiger partial charge in [-0.05, 0) is 53.2 Å². The van der Waals surface area contributed by atoms with Crippen molar-refractivity contribution < 1.29 is 29.0 Å². The Morgan fingerprint density at radius 3 is 2.58 bits per heavy atom. The molecule has 3 rings (SSSR count). The minimum absolute atomic E-state index is 0.110. The van der Waals surface area contributed by atoms with Crippen molar-refractivity contribution in [2.24, 2.45) is 0 Å². The molecule has 2 aromatic rings. The highest BCUT2D eigenvalue weighted by molar-refractivity contribution is 9.10. The summed E-state index contributed by atoms with van der Waals surface area (Å²) < 4.78 is 11.8. The fraction of sp³-hybridized carbons (Fsp3) is 0.150. The zero-order valence-electron chi connectivity index (χ0n) is 15.9. The molecule has 1 N–H and O–H groups in total. The Hall–Kier alpha value is -2.20. The van der Waals surface area contributed by atoms with Crippen molar-refractivity contribution in [3.8, 4) is 11.5 Å². The molecule has 2 amide bonds. The van der Waals surface area contributed by atoms with Crippen molar-refractivity contribution in [3.05, 3.63) is 60.9 Å². The number of nitrogens with zero attached hydrogens (tertiary/aromatic N) is 1. The van der Waals surface area contributed by atoms with E-state index in [1.165, 1.54) is 13.2 Å². The maximum absolute atomic E-state index is 12.4. The molecule has 0 aliphatic carbocycles. The number of carbonyl (C=O) groups is 3. The Kier molecular flexibility index (Phi) is 7.53. The summed E-state index contributed by atoms with van der Waals surface area (Å²) in [5.74, 6) is -1.09. The molecule has 0 unspecified atom stereocenters. The van der Waals surface area contributed by atoms with Gasteiger partial charge in [-0.1, -0.05) is 45.2 Å². The Morgan fingerprint density at radius 2 is 1.94 bits per heavy atom. The number of hydrogen-bond acceptors (Lipinski definition) is 6. The van der Waals surface area contributed by atoms with Crippen LogP contribution in [0.2, 0.25) is 10.0 Å². The minimum atomic E-state index is -1.27. The molecule has 31 heavy (non-hydrogen) atoms. The van der Waals surface area contributed by atoms with E-state index < -0.39 is 23.7 Å². The second-order valence-electron chi connectivity index (χ2n) is 6.22. The number of ether oxygens (including phenoxy) is 2. The summed E-state index contributed by atoms with van der Waals surface area (Å²) in [6.45, 7) is -0.471. The zero-order valence-corrected chi connectivity index (χ0v) is 19.8. The summed E-state index contributed by atoms with van der Waals surface area (Å²) in [5, 5.41) is 9.09. The molecule has 11 heteroatoms. The topological polar surface area (TPSA) is 93.1 Å². The molecular weight excluding hydrogens is 533 g/mol. The van der Waals surface area contributed by atoms with Gasteiger partial charge >= 0.3 is 5.97 Å². The molecule has 0 spiro atoms. The Balaban J connectivity index is 1.83. The first-order chi connectivity index (χ1) is 14.7. The van der Waals surface area contributed by atoms with Crippen LogP contribution in [0.25, 0.3) is 6.08 Å². The van der Waals surface area contributed by atoms with E-state index in [-0.39, 0.29) is 11.5 Å². The van der Waals surface area contributed by atoms with Crippen LogP contribution in [0.3, 0.4) is 0 Å². The van der Waals surface area contributed by atoms with Crippen molar-refractivity contribution >= 4 is 74.1 Å². The summed E-state index contributed by atoms with van der Waals surface area (Å²) in [6, 6.07) is 8.48. The fourth-order valence-electron chi connectivity index (χ4n) is 2.64. The number of rotatable bonds is 7. The van der Waals surface area contributed by atoms with Gasteiger partial charge in [-0.3, -0.25) is 19.3 Å². The Labute approximate surface area is 200 Å². The number of aliphatic carboxylic acids is 1. The van der Waals surface area contributed by atoms with Gasteiger partial charge in [0.25, 0.3) is 11.1 Å². The van der Waals surface area contributed by atoms with E-state index in [2.05, 4.69) is 15.9 Å². The molecule has 162 valence electrons. The van der Waals surface area contributed by atoms with Gasteiger partial charge in [-0.25, -0.2) is 0 Å². The van der Waals surface area contributed by atoms with E-state index in [0.717, 1.165) is 5.56 Å². The van der Waals surface area contributed by atoms with Crippen molar-refractivity contribution in [3.63, 3.8) is 0 Å². The lowest BCUT2D eigenvalue weighted by Crippen LogP contribution is -2.33. The predicted molar refractivity (Wildman–Crippen MR) is 122 cm³/mol. The van der Waals surface area contributed by atoms with Crippen LogP contribution < -0.4 is 9.47 Å². The molecular formula is C20H14BrCl2NO6S. The minimum Gasteiger partial charge on any atom is -0.493 e. The number of halogens is 3. The zero-order chi connectivity index (χ0) is 22.7. The summed E-state index contributed by atoms with van der Waals surface area (Å²) >= 11 is 16.0. The van der Waals surface area contributed by atoms with E-state index in [4.69, 9.17) is 37.8 Å². The van der Waals surface area contributed by atoms with Crippen LogP contribution >= 0.6 is 50.9 Å². The lowest BCUT2D eigenvalue weighted by molar-refractivity contribution is -0.140. The second kappa shape index (κ2) is 9.95. The van der Waals surface area contributed by atoms with Crippen LogP contribution in [0.5, 0.6) is 11.5 Å². The number of carboxylic acid groups (broad SMARTS) is 1. The average molecular weight is 547 g/mol. The third kappa shape index (κ3) is 5.54. The molecule has 1 saturated heterocycles. The molecule has 0 bridgehead atoms. The van der Waals surface area contributed by atoms with Gasteiger partial charge in [-0.2, -0.15) is 0 Å². The monoisotopic (exact) mass is 545 g/mol. The summed E-state index contributed by atoms with van der Waals surface area (Å²) in [5.41, 5.74) is 1.36. The first-order valence-corrected chi connectivity index (χ1v) is 11.0. The third-order valence-corrected chi connectivity index (χ3v) is 6.45. The van der Waals surface area contributed by atoms with Crippen LogP contribution in [0.4, 0.5) is 4.79 Å². The van der Waals surface area contributed by atoms with Crippen molar-refractivity contribution in [1.82, 2.24) is 4.90 Å². The lowest BCUT2D eigenvalue weighted by Gasteiger charge is -2.13. The SMILES string of the molecule is COc1cc(/C=C2/SC(=O)N(CC(=O)O)C2=O)c(Br)cc1OCc1ccc(Cl)c(Cl)c1. The maximum atomic E-state index is 12.4. The van der Waals surface area contributed by atoms with Crippen molar-refractivity contribution in [2.75, 3.05) is 13.7 Å². The molecule has 1 heterocycles. The van der Waals surface area contributed by atoms with E-state index in [9.17, 15) is 14.4 Å². The number of methoxy groups -OCH3 is 1. The number of benzene rings is 2. The quantitative estimate of drug-likeness (QED) is 0.460. The number of carbonyl (C=O) groups excluding carboxylic acids is 2.